The van der Waals surface area contributed by atoms with Crippen LogP contribution in [-0.2, 0) is 4.79 Å². The van der Waals surface area contributed by atoms with Crippen molar-refractivity contribution in [2.45, 2.75) is 0 Å². The molecule has 8 nitrogen and oxygen atoms in total. The van der Waals surface area contributed by atoms with Crippen molar-refractivity contribution in [2.75, 3.05) is 13.7 Å². The first-order valence-electron chi connectivity index (χ1n) is 6.69. The van der Waals surface area contributed by atoms with Gasteiger partial charge in [-0.25, -0.2) is 9.78 Å². The molecule has 8 heteroatoms. The average Bonchev–Trinajstić information content (AvgIpc) is 2.98. The molecular weight excluding hydrogens is 302 g/mol. The number of hydrogen-bond donors (Lipinski definition) is 3. The van der Waals surface area contributed by atoms with Crippen LogP contribution in [0, 0.1) is 0 Å². The lowest BCUT2D eigenvalue weighted by Crippen LogP contribution is -2.09. The van der Waals surface area contributed by atoms with Gasteiger partial charge in [0.25, 0.3) is 5.56 Å². The quantitative estimate of drug-likeness (QED) is 0.655. The summed E-state index contributed by atoms with van der Waals surface area (Å²) in [5.41, 5.74) is 1.25. The van der Waals surface area contributed by atoms with Gasteiger partial charge in [-0.3, -0.25) is 4.79 Å². The Balaban J connectivity index is 2.02. The van der Waals surface area contributed by atoms with E-state index in [-0.39, 0.29) is 5.56 Å². The number of carboxylic acid groups (broad SMARTS) is 1. The third kappa shape index (κ3) is 2.86. The number of rotatable bonds is 5. The summed E-state index contributed by atoms with van der Waals surface area (Å²) < 4.78 is 10.4. The van der Waals surface area contributed by atoms with Gasteiger partial charge in [-0.2, -0.15) is 0 Å². The number of H-pyrrole nitrogens is 2. The predicted molar refractivity (Wildman–Crippen MR) is 81.8 cm³/mol. The zero-order chi connectivity index (χ0) is 16.4. The first kappa shape index (κ1) is 14.6. The van der Waals surface area contributed by atoms with Gasteiger partial charge in [0.1, 0.15) is 17.3 Å². The molecule has 2 heterocycles. The van der Waals surface area contributed by atoms with Crippen molar-refractivity contribution in [1.82, 2.24) is 15.0 Å². The monoisotopic (exact) mass is 315 g/mol. The van der Waals surface area contributed by atoms with E-state index in [4.69, 9.17) is 14.6 Å². The molecule has 0 aliphatic carbocycles. The summed E-state index contributed by atoms with van der Waals surface area (Å²) in [5.74, 6) is 0.216. The third-order valence-electron chi connectivity index (χ3n) is 3.20. The van der Waals surface area contributed by atoms with Crippen LogP contribution in [0.15, 0.2) is 35.3 Å². The fourth-order valence-corrected chi connectivity index (χ4v) is 2.18. The van der Waals surface area contributed by atoms with E-state index in [2.05, 4.69) is 15.0 Å². The van der Waals surface area contributed by atoms with E-state index < -0.39 is 12.6 Å². The number of aromatic nitrogens is 3. The molecular formula is C15H13N3O5. The van der Waals surface area contributed by atoms with Gasteiger partial charge in [0.2, 0.25) is 0 Å². The minimum absolute atomic E-state index is 0.287. The minimum Gasteiger partial charge on any atom is -0.496 e. The van der Waals surface area contributed by atoms with Crippen molar-refractivity contribution in [3.63, 3.8) is 0 Å². The summed E-state index contributed by atoms with van der Waals surface area (Å²) >= 11 is 0. The second-order valence-electron chi connectivity index (χ2n) is 4.70. The maximum absolute atomic E-state index is 11.7. The van der Waals surface area contributed by atoms with Crippen molar-refractivity contribution < 1.29 is 19.4 Å². The van der Waals surface area contributed by atoms with Crippen LogP contribution in [-0.4, -0.2) is 39.7 Å². The zero-order valence-electron chi connectivity index (χ0n) is 12.1. The van der Waals surface area contributed by atoms with E-state index in [0.717, 1.165) is 0 Å². The lowest BCUT2D eigenvalue weighted by atomic mass is 10.2. The van der Waals surface area contributed by atoms with Crippen LogP contribution in [0.4, 0.5) is 0 Å². The number of ether oxygens (including phenoxy) is 2. The summed E-state index contributed by atoms with van der Waals surface area (Å²) in [6.45, 7) is -0.442. The molecule has 0 saturated carbocycles. The average molecular weight is 315 g/mol. The van der Waals surface area contributed by atoms with Crippen LogP contribution in [0.2, 0.25) is 0 Å². The topological polar surface area (TPSA) is 117 Å². The summed E-state index contributed by atoms with van der Waals surface area (Å²) in [4.78, 5) is 32.2. The van der Waals surface area contributed by atoms with Gasteiger partial charge < -0.3 is 24.5 Å². The molecule has 0 aliphatic rings. The number of carboxylic acids is 1. The van der Waals surface area contributed by atoms with E-state index in [1.165, 1.54) is 13.3 Å². The molecule has 23 heavy (non-hydrogen) atoms. The fourth-order valence-electron chi connectivity index (χ4n) is 2.18. The number of fused-ring (bicyclic) bond motifs is 1. The van der Waals surface area contributed by atoms with E-state index in [9.17, 15) is 9.59 Å². The van der Waals surface area contributed by atoms with Crippen molar-refractivity contribution in [1.29, 1.82) is 0 Å². The molecule has 0 unspecified atom stereocenters. The van der Waals surface area contributed by atoms with E-state index in [0.29, 0.717) is 33.9 Å². The number of imidazole rings is 1. The SMILES string of the molecule is COc1cc(OCC(=O)O)ccc1-c1nc2c(=O)[nH]ccc2[nH]1. The Bertz CT molecular complexity index is 928. The van der Waals surface area contributed by atoms with Crippen LogP contribution in [0.5, 0.6) is 11.5 Å². The number of hydrogen-bond acceptors (Lipinski definition) is 5. The summed E-state index contributed by atoms with van der Waals surface area (Å²) in [6, 6.07) is 6.57. The smallest absolute Gasteiger partial charge is 0.341 e. The Kier molecular flexibility index (Phi) is 3.71. The molecule has 0 atom stereocenters. The molecule has 0 saturated heterocycles. The van der Waals surface area contributed by atoms with Gasteiger partial charge in [0.05, 0.1) is 18.2 Å². The number of nitrogens with zero attached hydrogens (tertiary/aromatic N) is 1. The molecule has 118 valence electrons. The lowest BCUT2D eigenvalue weighted by molar-refractivity contribution is -0.139. The Morgan fingerprint density at radius 2 is 2.17 bits per heavy atom. The van der Waals surface area contributed by atoms with Gasteiger partial charge in [-0.1, -0.05) is 0 Å². The van der Waals surface area contributed by atoms with Gasteiger partial charge in [0.15, 0.2) is 12.1 Å². The van der Waals surface area contributed by atoms with Crippen molar-refractivity contribution in [2.24, 2.45) is 0 Å². The maximum atomic E-state index is 11.7. The van der Waals surface area contributed by atoms with Gasteiger partial charge in [0, 0.05) is 12.3 Å². The Morgan fingerprint density at radius 3 is 2.87 bits per heavy atom. The normalized spacial score (nSPS) is 10.7. The van der Waals surface area contributed by atoms with E-state index in [1.807, 2.05) is 0 Å². The van der Waals surface area contributed by atoms with Crippen LogP contribution in [0.3, 0.4) is 0 Å². The van der Waals surface area contributed by atoms with Gasteiger partial charge >= 0.3 is 5.97 Å². The molecule has 0 amide bonds. The molecule has 3 aromatic rings. The number of methoxy groups -OCH3 is 1. The first-order valence-corrected chi connectivity index (χ1v) is 6.69. The number of nitrogens with one attached hydrogen (secondary N) is 2. The molecule has 0 bridgehead atoms. The standard InChI is InChI=1S/C15H13N3O5/c1-22-11-6-8(23-7-12(19)20)2-3-9(11)14-17-10-4-5-16-15(21)13(10)18-14/h2-6H,7H2,1H3,(H,16,21)(H,17,18)(H,19,20). The van der Waals surface area contributed by atoms with E-state index in [1.54, 1.807) is 24.3 Å². The Hall–Kier alpha value is -3.29. The first-order chi connectivity index (χ1) is 11.1. The Labute approximate surface area is 129 Å². The maximum Gasteiger partial charge on any atom is 0.341 e. The highest BCUT2D eigenvalue weighted by molar-refractivity contribution is 5.80. The molecule has 0 spiro atoms. The molecule has 1 aromatic carbocycles. The highest BCUT2D eigenvalue weighted by atomic mass is 16.5. The van der Waals surface area contributed by atoms with Crippen LogP contribution in [0.25, 0.3) is 22.4 Å². The summed E-state index contributed by atoms with van der Waals surface area (Å²) in [6.07, 6.45) is 1.53. The molecule has 2 aromatic heterocycles. The molecule has 3 rings (SSSR count). The number of aliphatic carboxylic acids is 1. The van der Waals surface area contributed by atoms with Crippen molar-refractivity contribution in [3.8, 4) is 22.9 Å². The van der Waals surface area contributed by atoms with E-state index >= 15 is 0 Å². The number of carbonyl (C=O) groups is 1. The van der Waals surface area contributed by atoms with Crippen LogP contribution >= 0.6 is 0 Å². The number of aromatic amines is 2. The third-order valence-corrected chi connectivity index (χ3v) is 3.20. The summed E-state index contributed by atoms with van der Waals surface area (Å²) in [7, 11) is 1.48. The molecule has 0 radical (unpaired) electrons. The highest BCUT2D eigenvalue weighted by Crippen LogP contribution is 2.32. The minimum atomic E-state index is -1.07. The molecule has 0 aliphatic heterocycles. The Morgan fingerprint density at radius 1 is 1.35 bits per heavy atom. The fraction of sp³-hybridized carbons (Fsp3) is 0.133. The number of pyridine rings is 1. The molecule has 3 N–H and O–H groups in total. The van der Waals surface area contributed by atoms with Crippen LogP contribution in [0.1, 0.15) is 0 Å². The highest BCUT2D eigenvalue weighted by Gasteiger charge is 2.13. The summed E-state index contributed by atoms with van der Waals surface area (Å²) in [5, 5.41) is 8.64. The lowest BCUT2D eigenvalue weighted by Gasteiger charge is -2.09. The second-order valence-corrected chi connectivity index (χ2v) is 4.70. The number of benzene rings is 1. The van der Waals surface area contributed by atoms with Gasteiger partial charge in [-0.05, 0) is 18.2 Å². The second kappa shape index (κ2) is 5.84. The van der Waals surface area contributed by atoms with Crippen LogP contribution < -0.4 is 15.0 Å². The van der Waals surface area contributed by atoms with Crippen molar-refractivity contribution >= 4 is 17.0 Å². The predicted octanol–water partition coefficient (Wildman–Crippen LogP) is 1.39. The largest absolute Gasteiger partial charge is 0.496 e. The van der Waals surface area contributed by atoms with Gasteiger partial charge in [-0.15, -0.1) is 0 Å². The zero-order valence-corrected chi connectivity index (χ0v) is 12.1. The molecule has 0 fully saturated rings. The van der Waals surface area contributed by atoms with Crippen molar-refractivity contribution in [3.05, 3.63) is 40.8 Å².